The number of nitrogens with one attached hydrogen (secondary N) is 2. The van der Waals surface area contributed by atoms with Crippen molar-refractivity contribution < 1.29 is 9.90 Å². The monoisotopic (exact) mass is 326 g/mol. The minimum absolute atomic E-state index is 0.107. The molecule has 1 aromatic heterocycles. The first-order valence-electron chi connectivity index (χ1n) is 8.31. The van der Waals surface area contributed by atoms with Crippen molar-refractivity contribution in [2.45, 2.75) is 44.1 Å². The number of amides is 1. The van der Waals surface area contributed by atoms with Crippen LogP contribution >= 0.6 is 0 Å². The van der Waals surface area contributed by atoms with Crippen molar-refractivity contribution in [3.05, 3.63) is 42.5 Å². The zero-order valence-electron chi connectivity index (χ0n) is 13.5. The summed E-state index contributed by atoms with van der Waals surface area (Å²) < 4.78 is 0. The highest BCUT2D eigenvalue weighted by Gasteiger charge is 2.31. The Morgan fingerprint density at radius 3 is 2.46 bits per heavy atom. The largest absolute Gasteiger partial charge is 0.389 e. The topological polar surface area (TPSA) is 87.1 Å². The Morgan fingerprint density at radius 1 is 1.04 bits per heavy atom. The maximum Gasteiger partial charge on any atom is 0.241 e. The number of hydrazine groups is 1. The molecule has 1 amide bonds. The Kier molecular flexibility index (Phi) is 5.05. The van der Waals surface area contributed by atoms with Gasteiger partial charge in [-0.2, -0.15) is 0 Å². The molecule has 0 saturated heterocycles. The Bertz CT molecular complexity index is 667. The number of rotatable bonds is 5. The Balaban J connectivity index is 1.52. The number of aliphatic hydroxyl groups is 1. The van der Waals surface area contributed by atoms with Crippen LogP contribution in [0.2, 0.25) is 0 Å². The highest BCUT2D eigenvalue weighted by Crippen LogP contribution is 2.30. The Hall–Kier alpha value is -2.47. The van der Waals surface area contributed by atoms with Crippen LogP contribution < -0.4 is 10.9 Å². The molecule has 0 bridgehead atoms. The van der Waals surface area contributed by atoms with Crippen LogP contribution in [-0.4, -0.2) is 26.8 Å². The van der Waals surface area contributed by atoms with Crippen molar-refractivity contribution in [3.8, 4) is 11.3 Å². The molecule has 1 aliphatic rings. The third-order valence-corrected chi connectivity index (χ3v) is 4.34. The zero-order valence-corrected chi connectivity index (χ0v) is 13.5. The predicted molar refractivity (Wildman–Crippen MR) is 91.9 cm³/mol. The average molecular weight is 326 g/mol. The summed E-state index contributed by atoms with van der Waals surface area (Å²) in [7, 11) is 0. The molecule has 0 spiro atoms. The smallest absolute Gasteiger partial charge is 0.241 e. The van der Waals surface area contributed by atoms with Gasteiger partial charge in [0, 0.05) is 5.56 Å². The third-order valence-electron chi connectivity index (χ3n) is 4.34. The van der Waals surface area contributed by atoms with Crippen molar-refractivity contribution in [2.24, 2.45) is 0 Å². The molecule has 6 nitrogen and oxygen atoms in total. The third kappa shape index (κ3) is 4.29. The minimum atomic E-state index is -0.868. The molecule has 1 fully saturated rings. The fourth-order valence-electron chi connectivity index (χ4n) is 3.03. The summed E-state index contributed by atoms with van der Waals surface area (Å²) >= 11 is 0. The second-order valence-electron chi connectivity index (χ2n) is 6.30. The first-order valence-corrected chi connectivity index (χ1v) is 8.31. The second kappa shape index (κ2) is 7.40. The van der Waals surface area contributed by atoms with Crippen molar-refractivity contribution in [2.75, 3.05) is 5.43 Å². The standard InChI is InChI=1S/C18H22N4O2/c23-17(13-18(24)11-5-2-6-12-18)22-21-16-10-9-15(19-20-16)14-7-3-1-4-8-14/h1,3-4,7-10,24H,2,5-6,11-13H2,(H,20,21)(H,22,23). The van der Waals surface area contributed by atoms with Crippen LogP contribution in [0.25, 0.3) is 11.3 Å². The first-order chi connectivity index (χ1) is 11.6. The highest BCUT2D eigenvalue weighted by atomic mass is 16.3. The summed E-state index contributed by atoms with van der Waals surface area (Å²) in [4.78, 5) is 12.0. The van der Waals surface area contributed by atoms with Crippen LogP contribution in [0.5, 0.6) is 0 Å². The van der Waals surface area contributed by atoms with Crippen LogP contribution in [0.3, 0.4) is 0 Å². The van der Waals surface area contributed by atoms with Gasteiger partial charge in [0.25, 0.3) is 0 Å². The van der Waals surface area contributed by atoms with Crippen LogP contribution in [0, 0.1) is 0 Å². The molecule has 0 aliphatic heterocycles. The second-order valence-corrected chi connectivity index (χ2v) is 6.30. The van der Waals surface area contributed by atoms with Gasteiger partial charge in [-0.25, -0.2) is 0 Å². The van der Waals surface area contributed by atoms with Gasteiger partial charge in [0.15, 0.2) is 5.82 Å². The number of nitrogens with zero attached hydrogens (tertiary/aromatic N) is 2. The van der Waals surface area contributed by atoms with Crippen molar-refractivity contribution in [1.82, 2.24) is 15.6 Å². The summed E-state index contributed by atoms with van der Waals surface area (Å²) in [5, 5.41) is 18.6. The lowest BCUT2D eigenvalue weighted by Gasteiger charge is -2.31. The van der Waals surface area contributed by atoms with Gasteiger partial charge in [-0.05, 0) is 25.0 Å². The van der Waals surface area contributed by atoms with Gasteiger partial charge in [0.1, 0.15) is 0 Å². The van der Waals surface area contributed by atoms with Crippen LogP contribution in [-0.2, 0) is 4.79 Å². The maximum absolute atomic E-state index is 12.0. The predicted octanol–water partition coefficient (Wildman–Crippen LogP) is 2.67. The number of hydrogen-bond donors (Lipinski definition) is 3. The van der Waals surface area contributed by atoms with Gasteiger partial charge in [0.05, 0.1) is 17.7 Å². The molecule has 3 rings (SSSR count). The molecular weight excluding hydrogens is 304 g/mol. The van der Waals surface area contributed by atoms with Crippen molar-refractivity contribution in [1.29, 1.82) is 0 Å². The lowest BCUT2D eigenvalue weighted by Crippen LogP contribution is -2.40. The van der Waals surface area contributed by atoms with Gasteiger partial charge in [0.2, 0.25) is 5.91 Å². The molecule has 6 heteroatoms. The van der Waals surface area contributed by atoms with E-state index in [1.54, 1.807) is 6.07 Å². The van der Waals surface area contributed by atoms with Crippen LogP contribution in [0.15, 0.2) is 42.5 Å². The molecule has 1 aliphatic carbocycles. The summed E-state index contributed by atoms with van der Waals surface area (Å²) in [5.41, 5.74) is 6.21. The molecule has 24 heavy (non-hydrogen) atoms. The lowest BCUT2D eigenvalue weighted by atomic mass is 9.82. The summed E-state index contributed by atoms with van der Waals surface area (Å²) in [6.45, 7) is 0. The van der Waals surface area contributed by atoms with E-state index in [0.717, 1.165) is 30.5 Å². The lowest BCUT2D eigenvalue weighted by molar-refractivity contribution is -0.126. The highest BCUT2D eigenvalue weighted by molar-refractivity contribution is 5.78. The summed E-state index contributed by atoms with van der Waals surface area (Å²) in [6, 6.07) is 13.4. The number of aromatic nitrogens is 2. The van der Waals surface area contributed by atoms with Crippen molar-refractivity contribution >= 4 is 11.7 Å². The molecule has 2 aromatic rings. The normalized spacial score (nSPS) is 16.4. The molecule has 3 N–H and O–H groups in total. The molecule has 1 aromatic carbocycles. The molecule has 0 unspecified atom stereocenters. The van der Waals surface area contributed by atoms with Gasteiger partial charge in [-0.15, -0.1) is 10.2 Å². The van der Waals surface area contributed by atoms with E-state index < -0.39 is 5.60 Å². The first kappa shape index (κ1) is 16.4. The van der Waals surface area contributed by atoms with Gasteiger partial charge >= 0.3 is 0 Å². The number of benzene rings is 1. The maximum atomic E-state index is 12.0. The number of anilines is 1. The van der Waals surface area contributed by atoms with Crippen LogP contribution in [0.1, 0.15) is 38.5 Å². The fraction of sp³-hybridized carbons (Fsp3) is 0.389. The average Bonchev–Trinajstić information content (AvgIpc) is 2.61. The van der Waals surface area contributed by atoms with E-state index in [9.17, 15) is 9.90 Å². The fourth-order valence-corrected chi connectivity index (χ4v) is 3.03. The van der Waals surface area contributed by atoms with Gasteiger partial charge in [-0.3, -0.25) is 15.6 Å². The van der Waals surface area contributed by atoms with E-state index in [0.29, 0.717) is 18.7 Å². The molecule has 1 saturated carbocycles. The van der Waals surface area contributed by atoms with E-state index in [1.807, 2.05) is 36.4 Å². The molecule has 0 radical (unpaired) electrons. The molecule has 126 valence electrons. The SMILES string of the molecule is O=C(CC1(O)CCCCC1)NNc1ccc(-c2ccccc2)nn1. The van der Waals surface area contributed by atoms with E-state index >= 15 is 0 Å². The molecular formula is C18H22N4O2. The van der Waals surface area contributed by atoms with E-state index in [2.05, 4.69) is 21.0 Å². The number of hydrogen-bond acceptors (Lipinski definition) is 5. The van der Waals surface area contributed by atoms with Crippen molar-refractivity contribution in [3.63, 3.8) is 0 Å². The van der Waals surface area contributed by atoms with Gasteiger partial charge < -0.3 is 5.11 Å². The quantitative estimate of drug-likeness (QED) is 0.735. The number of carbonyl (C=O) groups is 1. The molecule has 0 atom stereocenters. The van der Waals surface area contributed by atoms with E-state index in [4.69, 9.17) is 0 Å². The molecule has 1 heterocycles. The number of carbonyl (C=O) groups excluding carboxylic acids is 1. The zero-order chi connectivity index (χ0) is 16.8. The Labute approximate surface area is 141 Å². The van der Waals surface area contributed by atoms with Crippen LogP contribution in [0.4, 0.5) is 5.82 Å². The minimum Gasteiger partial charge on any atom is -0.389 e. The van der Waals surface area contributed by atoms with E-state index in [1.165, 1.54) is 0 Å². The summed E-state index contributed by atoms with van der Waals surface area (Å²) in [6.07, 6.45) is 4.56. The van der Waals surface area contributed by atoms with Gasteiger partial charge in [-0.1, -0.05) is 49.6 Å². The Morgan fingerprint density at radius 2 is 1.79 bits per heavy atom. The summed E-state index contributed by atoms with van der Waals surface area (Å²) in [5.74, 6) is 0.215. The van der Waals surface area contributed by atoms with E-state index in [-0.39, 0.29) is 12.3 Å².